The lowest BCUT2D eigenvalue weighted by atomic mass is 9.97. The van der Waals surface area contributed by atoms with Gasteiger partial charge in [-0.1, -0.05) is 17.7 Å². The zero-order chi connectivity index (χ0) is 19.3. The first kappa shape index (κ1) is 19.4. The van der Waals surface area contributed by atoms with Crippen molar-refractivity contribution in [3.05, 3.63) is 68.1 Å². The maximum absolute atomic E-state index is 11.9. The first-order valence-corrected chi connectivity index (χ1v) is 8.48. The molecule has 1 heterocycles. The number of carbonyl (C=O) groups excluding carboxylic acids is 2. The van der Waals surface area contributed by atoms with Gasteiger partial charge in [-0.3, -0.25) is 9.59 Å². The Labute approximate surface area is 152 Å². The van der Waals surface area contributed by atoms with Gasteiger partial charge in [0, 0.05) is 12.2 Å². The van der Waals surface area contributed by atoms with Crippen molar-refractivity contribution < 1.29 is 14.3 Å². The minimum atomic E-state index is -0.813. The van der Waals surface area contributed by atoms with Gasteiger partial charge in [-0.2, -0.15) is 0 Å². The van der Waals surface area contributed by atoms with Gasteiger partial charge in [0.05, 0.1) is 0 Å². The first-order chi connectivity index (χ1) is 12.3. The monoisotopic (exact) mass is 356 g/mol. The van der Waals surface area contributed by atoms with Gasteiger partial charge in [0.1, 0.15) is 5.56 Å². The molecule has 0 unspecified atom stereocenters. The van der Waals surface area contributed by atoms with Gasteiger partial charge < -0.3 is 15.0 Å². The molecule has 1 aromatic heterocycles. The Kier molecular flexibility index (Phi) is 6.33. The van der Waals surface area contributed by atoms with Gasteiger partial charge in [0.15, 0.2) is 6.61 Å². The summed E-state index contributed by atoms with van der Waals surface area (Å²) in [6, 6.07) is 7.22. The van der Waals surface area contributed by atoms with E-state index in [-0.39, 0.29) is 5.56 Å². The van der Waals surface area contributed by atoms with E-state index >= 15 is 0 Å². The molecule has 2 N–H and O–H groups in total. The average molecular weight is 356 g/mol. The number of ether oxygens (including phenoxy) is 1. The molecule has 2 rings (SSSR count). The topological polar surface area (TPSA) is 88.3 Å². The highest BCUT2D eigenvalue weighted by Crippen LogP contribution is 2.16. The van der Waals surface area contributed by atoms with E-state index in [9.17, 15) is 14.4 Å². The number of benzene rings is 1. The van der Waals surface area contributed by atoms with Crippen molar-refractivity contribution in [1.29, 1.82) is 0 Å². The SMILES string of the molecule is Cc1cc(C)c(CCNC(=O)COC(=O)c2ccc(C)[nH]c2=O)c(C)c1. The fourth-order valence-electron chi connectivity index (χ4n) is 2.92. The van der Waals surface area contributed by atoms with Crippen molar-refractivity contribution in [2.45, 2.75) is 34.1 Å². The molecular weight excluding hydrogens is 332 g/mol. The second-order valence-corrected chi connectivity index (χ2v) is 6.44. The van der Waals surface area contributed by atoms with Crippen LogP contribution in [0.4, 0.5) is 0 Å². The molecule has 26 heavy (non-hydrogen) atoms. The maximum atomic E-state index is 11.9. The summed E-state index contributed by atoms with van der Waals surface area (Å²) in [4.78, 5) is 37.9. The third kappa shape index (κ3) is 5.05. The van der Waals surface area contributed by atoms with Crippen molar-refractivity contribution >= 4 is 11.9 Å². The summed E-state index contributed by atoms with van der Waals surface area (Å²) in [5.74, 6) is -1.21. The average Bonchev–Trinajstić information content (AvgIpc) is 2.55. The molecule has 0 aliphatic rings. The standard InChI is InChI=1S/C20H24N2O4/c1-12-9-13(2)16(14(3)10-12)7-8-21-18(23)11-26-20(25)17-6-5-15(4)22-19(17)24/h5-6,9-10H,7-8,11H2,1-4H3,(H,21,23)(H,22,24). The molecule has 0 fully saturated rings. The van der Waals surface area contributed by atoms with Crippen LogP contribution in [-0.4, -0.2) is 30.0 Å². The van der Waals surface area contributed by atoms with Crippen molar-refractivity contribution in [3.8, 4) is 0 Å². The Morgan fingerprint density at radius 2 is 1.73 bits per heavy atom. The van der Waals surface area contributed by atoms with Crippen LogP contribution in [0.5, 0.6) is 0 Å². The smallest absolute Gasteiger partial charge is 0.344 e. The fraction of sp³-hybridized carbons (Fsp3) is 0.350. The molecule has 0 spiro atoms. The fourth-order valence-corrected chi connectivity index (χ4v) is 2.92. The van der Waals surface area contributed by atoms with Gasteiger partial charge in [-0.15, -0.1) is 0 Å². The maximum Gasteiger partial charge on any atom is 0.344 e. The zero-order valence-corrected chi connectivity index (χ0v) is 15.6. The number of amides is 1. The molecule has 6 heteroatoms. The van der Waals surface area contributed by atoms with Crippen LogP contribution in [0.25, 0.3) is 0 Å². The summed E-state index contributed by atoms with van der Waals surface area (Å²) in [6.07, 6.45) is 0.704. The van der Waals surface area contributed by atoms with Gasteiger partial charge in [0.2, 0.25) is 0 Å². The van der Waals surface area contributed by atoms with Crippen LogP contribution in [0.15, 0.2) is 29.1 Å². The van der Waals surface area contributed by atoms with Crippen molar-refractivity contribution in [3.63, 3.8) is 0 Å². The Hall–Kier alpha value is -2.89. The summed E-state index contributed by atoms with van der Waals surface area (Å²) < 4.78 is 4.91. The van der Waals surface area contributed by atoms with E-state index in [4.69, 9.17) is 4.74 Å². The van der Waals surface area contributed by atoms with Crippen molar-refractivity contribution in [1.82, 2.24) is 10.3 Å². The van der Waals surface area contributed by atoms with Crippen LogP contribution in [0, 0.1) is 27.7 Å². The normalized spacial score (nSPS) is 10.5. The van der Waals surface area contributed by atoms with Crippen LogP contribution in [0.1, 0.15) is 38.3 Å². The molecule has 0 atom stereocenters. The highest BCUT2D eigenvalue weighted by Gasteiger charge is 2.14. The van der Waals surface area contributed by atoms with E-state index < -0.39 is 24.0 Å². The number of hydrogen-bond donors (Lipinski definition) is 2. The number of carbonyl (C=O) groups is 2. The molecule has 1 aromatic carbocycles. The second-order valence-electron chi connectivity index (χ2n) is 6.44. The van der Waals surface area contributed by atoms with E-state index in [0.717, 1.165) is 0 Å². The van der Waals surface area contributed by atoms with Gasteiger partial charge >= 0.3 is 5.97 Å². The van der Waals surface area contributed by atoms with Crippen LogP contribution < -0.4 is 10.9 Å². The Bertz CT molecular complexity index is 861. The van der Waals surface area contributed by atoms with Gasteiger partial charge in [-0.05, 0) is 62.9 Å². The number of aromatic nitrogens is 1. The van der Waals surface area contributed by atoms with Gasteiger partial charge in [-0.25, -0.2) is 4.79 Å². The van der Waals surface area contributed by atoms with Crippen LogP contribution in [0.2, 0.25) is 0 Å². The number of H-pyrrole nitrogens is 1. The quantitative estimate of drug-likeness (QED) is 0.776. The van der Waals surface area contributed by atoms with E-state index in [1.54, 1.807) is 13.0 Å². The largest absolute Gasteiger partial charge is 0.452 e. The van der Waals surface area contributed by atoms with E-state index in [1.807, 2.05) is 0 Å². The third-order valence-electron chi connectivity index (χ3n) is 4.15. The lowest BCUT2D eigenvalue weighted by Gasteiger charge is -2.12. The summed E-state index contributed by atoms with van der Waals surface area (Å²) in [7, 11) is 0. The molecule has 138 valence electrons. The third-order valence-corrected chi connectivity index (χ3v) is 4.15. The molecule has 6 nitrogen and oxygen atoms in total. The molecule has 0 bridgehead atoms. The molecule has 0 saturated carbocycles. The highest BCUT2D eigenvalue weighted by atomic mass is 16.5. The van der Waals surface area contributed by atoms with Crippen molar-refractivity contribution in [2.24, 2.45) is 0 Å². The predicted molar refractivity (Wildman–Crippen MR) is 99.4 cm³/mol. The van der Waals surface area contributed by atoms with E-state index in [1.165, 1.54) is 28.3 Å². The highest BCUT2D eigenvalue weighted by molar-refractivity contribution is 5.90. The van der Waals surface area contributed by atoms with Crippen LogP contribution >= 0.6 is 0 Å². The molecule has 2 aromatic rings. The molecule has 0 saturated heterocycles. The molecular formula is C20H24N2O4. The van der Waals surface area contributed by atoms with Crippen LogP contribution in [-0.2, 0) is 16.0 Å². The first-order valence-electron chi connectivity index (χ1n) is 8.48. The Morgan fingerprint density at radius 3 is 2.35 bits per heavy atom. The van der Waals surface area contributed by atoms with Crippen molar-refractivity contribution in [2.75, 3.05) is 13.2 Å². The number of rotatable bonds is 6. The summed E-state index contributed by atoms with van der Waals surface area (Å²) in [5, 5.41) is 2.73. The van der Waals surface area contributed by atoms with Crippen LogP contribution in [0.3, 0.4) is 0 Å². The Balaban J connectivity index is 1.82. The lowest BCUT2D eigenvalue weighted by molar-refractivity contribution is -0.124. The summed E-state index contributed by atoms with van der Waals surface area (Å²) in [6.45, 7) is 7.90. The minimum Gasteiger partial charge on any atom is -0.452 e. The summed E-state index contributed by atoms with van der Waals surface area (Å²) >= 11 is 0. The Morgan fingerprint density at radius 1 is 1.08 bits per heavy atom. The second kappa shape index (κ2) is 8.47. The van der Waals surface area contributed by atoms with E-state index in [0.29, 0.717) is 18.7 Å². The number of hydrogen-bond acceptors (Lipinski definition) is 4. The molecule has 1 amide bonds. The molecule has 0 radical (unpaired) electrons. The van der Waals surface area contributed by atoms with E-state index in [2.05, 4.69) is 43.2 Å². The lowest BCUT2D eigenvalue weighted by Crippen LogP contribution is -2.31. The zero-order valence-electron chi connectivity index (χ0n) is 15.6. The number of aryl methyl sites for hydroxylation is 4. The van der Waals surface area contributed by atoms with Gasteiger partial charge in [0.25, 0.3) is 11.5 Å². The number of pyridine rings is 1. The predicted octanol–water partition coefficient (Wildman–Crippen LogP) is 2.12. The number of esters is 1. The minimum absolute atomic E-state index is 0.116. The molecule has 0 aliphatic heterocycles. The number of nitrogens with one attached hydrogen (secondary N) is 2. The summed E-state index contributed by atoms with van der Waals surface area (Å²) in [5.41, 5.74) is 4.81. The molecule has 0 aliphatic carbocycles. The number of aromatic amines is 1.